The summed E-state index contributed by atoms with van der Waals surface area (Å²) in [5.41, 5.74) is 3.32. The first-order chi connectivity index (χ1) is 11.6. The van der Waals surface area contributed by atoms with E-state index in [0.29, 0.717) is 23.9 Å². The Hall–Kier alpha value is -2.60. The fourth-order valence-corrected chi connectivity index (χ4v) is 3.06. The fourth-order valence-electron chi connectivity index (χ4n) is 2.88. The predicted molar refractivity (Wildman–Crippen MR) is 86.6 cm³/mol. The van der Waals surface area contributed by atoms with E-state index < -0.39 is 0 Å². The van der Waals surface area contributed by atoms with Crippen LogP contribution in [0.15, 0.2) is 39.4 Å². The van der Waals surface area contributed by atoms with Gasteiger partial charge in [0.15, 0.2) is 5.76 Å². The lowest BCUT2D eigenvalue weighted by atomic mass is 9.95. The van der Waals surface area contributed by atoms with Gasteiger partial charge in [0.25, 0.3) is 5.89 Å². The van der Waals surface area contributed by atoms with Gasteiger partial charge in [0.05, 0.1) is 6.26 Å². The van der Waals surface area contributed by atoms with E-state index in [0.717, 1.165) is 17.5 Å². The van der Waals surface area contributed by atoms with E-state index in [1.54, 1.807) is 17.0 Å². The number of carbonyl (C=O) groups is 1. The van der Waals surface area contributed by atoms with Crippen molar-refractivity contribution < 1.29 is 13.6 Å². The van der Waals surface area contributed by atoms with Crippen molar-refractivity contribution in [2.24, 2.45) is 0 Å². The first-order valence-electron chi connectivity index (χ1n) is 7.57. The molecule has 6 nitrogen and oxygen atoms in total. The molecule has 3 heterocycles. The molecule has 0 saturated carbocycles. The number of rotatable bonds is 2. The smallest absolute Gasteiger partial charge is 0.311 e. The second-order valence-electron chi connectivity index (χ2n) is 5.68. The molecule has 2 aromatic heterocycles. The minimum atomic E-state index is -0.287. The van der Waals surface area contributed by atoms with Crippen molar-refractivity contribution in [1.29, 1.82) is 0 Å². The Morgan fingerprint density at radius 2 is 2.17 bits per heavy atom. The van der Waals surface area contributed by atoms with Gasteiger partial charge in [0.2, 0.25) is 0 Å². The zero-order valence-corrected chi connectivity index (χ0v) is 13.7. The monoisotopic (exact) mass is 343 g/mol. The summed E-state index contributed by atoms with van der Waals surface area (Å²) in [6.45, 7) is 3.06. The van der Waals surface area contributed by atoms with Gasteiger partial charge in [-0.05, 0) is 48.2 Å². The number of aromatic nitrogens is 2. The number of nitrogens with zero attached hydrogens (tertiary/aromatic N) is 3. The normalized spacial score (nSPS) is 13.8. The molecule has 24 heavy (non-hydrogen) atoms. The average Bonchev–Trinajstić information content (AvgIpc) is 3.28. The third-order valence-electron chi connectivity index (χ3n) is 4.26. The van der Waals surface area contributed by atoms with Crippen LogP contribution in [0.3, 0.4) is 0 Å². The molecule has 0 spiro atoms. The minimum Gasteiger partial charge on any atom is -0.459 e. The van der Waals surface area contributed by atoms with Crippen molar-refractivity contribution in [3.63, 3.8) is 0 Å². The van der Waals surface area contributed by atoms with Crippen molar-refractivity contribution >= 4 is 17.5 Å². The molecule has 1 aliphatic rings. The number of halogens is 1. The Kier molecular flexibility index (Phi) is 3.61. The molecule has 0 bridgehead atoms. The third kappa shape index (κ3) is 2.49. The van der Waals surface area contributed by atoms with Crippen LogP contribution in [0.5, 0.6) is 0 Å². The van der Waals surface area contributed by atoms with Gasteiger partial charge in [-0.3, -0.25) is 4.79 Å². The number of benzene rings is 1. The van der Waals surface area contributed by atoms with E-state index in [1.165, 1.54) is 11.8 Å². The standard InChI is InChI=1S/C17H14ClN3O3/c1-10-12-9-21(7-6-11(12)4-5-13(10)18)17(22)16-20-19-15(24-16)14-3-2-8-23-14/h2-5,8H,6-7,9H2,1H3. The van der Waals surface area contributed by atoms with E-state index in [9.17, 15) is 4.79 Å². The van der Waals surface area contributed by atoms with Crippen LogP contribution in [-0.2, 0) is 13.0 Å². The van der Waals surface area contributed by atoms with E-state index in [-0.39, 0.29) is 17.7 Å². The summed E-state index contributed by atoms with van der Waals surface area (Å²) in [7, 11) is 0. The van der Waals surface area contributed by atoms with Gasteiger partial charge < -0.3 is 13.7 Å². The molecule has 4 rings (SSSR count). The summed E-state index contributed by atoms with van der Waals surface area (Å²) in [4.78, 5) is 14.4. The van der Waals surface area contributed by atoms with E-state index >= 15 is 0 Å². The SMILES string of the molecule is Cc1c(Cl)ccc2c1CN(C(=O)c1nnc(-c3ccco3)o1)CC2. The Balaban J connectivity index is 1.59. The molecule has 1 aromatic carbocycles. The number of furan rings is 1. The number of hydrogen-bond donors (Lipinski definition) is 0. The van der Waals surface area contributed by atoms with Crippen LogP contribution in [0.25, 0.3) is 11.7 Å². The lowest BCUT2D eigenvalue weighted by Crippen LogP contribution is -2.36. The molecule has 0 N–H and O–H groups in total. The van der Waals surface area contributed by atoms with Crippen molar-refractivity contribution in [3.05, 3.63) is 58.1 Å². The molecule has 0 unspecified atom stereocenters. The zero-order valence-electron chi connectivity index (χ0n) is 13.0. The number of fused-ring (bicyclic) bond motifs is 1. The molecule has 1 amide bonds. The van der Waals surface area contributed by atoms with E-state index in [1.807, 2.05) is 19.1 Å². The van der Waals surface area contributed by atoms with Gasteiger partial charge in [-0.15, -0.1) is 10.2 Å². The van der Waals surface area contributed by atoms with Crippen molar-refractivity contribution in [2.75, 3.05) is 6.54 Å². The minimum absolute atomic E-state index is 0.0375. The van der Waals surface area contributed by atoms with Gasteiger partial charge in [0.1, 0.15) is 0 Å². The molecule has 0 fully saturated rings. The Bertz CT molecular complexity index is 902. The average molecular weight is 344 g/mol. The molecule has 0 atom stereocenters. The molecule has 7 heteroatoms. The maximum Gasteiger partial charge on any atom is 0.311 e. The summed E-state index contributed by atoms with van der Waals surface area (Å²) >= 11 is 6.20. The van der Waals surface area contributed by atoms with Gasteiger partial charge in [-0.2, -0.15) is 0 Å². The predicted octanol–water partition coefficient (Wildman–Crippen LogP) is 3.49. The van der Waals surface area contributed by atoms with Crippen LogP contribution in [-0.4, -0.2) is 27.5 Å². The van der Waals surface area contributed by atoms with Crippen LogP contribution < -0.4 is 0 Å². The maximum atomic E-state index is 12.7. The summed E-state index contributed by atoms with van der Waals surface area (Å²) < 4.78 is 10.6. The Morgan fingerprint density at radius 1 is 1.29 bits per heavy atom. The molecule has 0 saturated heterocycles. The fraction of sp³-hybridized carbons (Fsp3) is 0.235. The van der Waals surface area contributed by atoms with Gasteiger partial charge >= 0.3 is 11.8 Å². The summed E-state index contributed by atoms with van der Waals surface area (Å²) in [6, 6.07) is 7.34. The summed E-state index contributed by atoms with van der Waals surface area (Å²) in [6.07, 6.45) is 2.29. The topological polar surface area (TPSA) is 72.4 Å². The first kappa shape index (κ1) is 15.0. The largest absolute Gasteiger partial charge is 0.459 e. The van der Waals surface area contributed by atoms with Gasteiger partial charge in [0, 0.05) is 18.1 Å². The highest BCUT2D eigenvalue weighted by Crippen LogP contribution is 2.28. The lowest BCUT2D eigenvalue weighted by molar-refractivity contribution is 0.0694. The lowest BCUT2D eigenvalue weighted by Gasteiger charge is -2.29. The van der Waals surface area contributed by atoms with Crippen LogP contribution in [0.1, 0.15) is 27.4 Å². The van der Waals surface area contributed by atoms with E-state index in [2.05, 4.69) is 10.2 Å². The van der Waals surface area contributed by atoms with Gasteiger partial charge in [-0.1, -0.05) is 17.7 Å². The summed E-state index contributed by atoms with van der Waals surface area (Å²) in [5, 5.41) is 8.43. The van der Waals surface area contributed by atoms with Gasteiger partial charge in [-0.25, -0.2) is 0 Å². The second-order valence-corrected chi connectivity index (χ2v) is 6.08. The Morgan fingerprint density at radius 3 is 2.96 bits per heavy atom. The highest BCUT2D eigenvalue weighted by molar-refractivity contribution is 6.31. The summed E-state index contributed by atoms with van der Waals surface area (Å²) in [5.74, 6) is 0.308. The molecule has 0 aliphatic carbocycles. The molecule has 122 valence electrons. The quantitative estimate of drug-likeness (QED) is 0.712. The maximum absolute atomic E-state index is 12.7. The zero-order chi connectivity index (χ0) is 16.7. The van der Waals surface area contributed by atoms with Crippen LogP contribution in [0.4, 0.5) is 0 Å². The van der Waals surface area contributed by atoms with E-state index in [4.69, 9.17) is 20.4 Å². The van der Waals surface area contributed by atoms with Crippen molar-refractivity contribution in [3.8, 4) is 11.7 Å². The van der Waals surface area contributed by atoms with Crippen LogP contribution in [0.2, 0.25) is 5.02 Å². The number of hydrogen-bond acceptors (Lipinski definition) is 5. The molecule has 1 aliphatic heterocycles. The molecular weight excluding hydrogens is 330 g/mol. The second kappa shape index (κ2) is 5.79. The highest BCUT2D eigenvalue weighted by Gasteiger charge is 2.27. The number of amides is 1. The Labute approximate surface area is 143 Å². The van der Waals surface area contributed by atoms with Crippen LogP contribution >= 0.6 is 11.6 Å². The van der Waals surface area contributed by atoms with Crippen LogP contribution in [0, 0.1) is 6.92 Å². The van der Waals surface area contributed by atoms with Crippen molar-refractivity contribution in [2.45, 2.75) is 19.9 Å². The highest BCUT2D eigenvalue weighted by atomic mass is 35.5. The van der Waals surface area contributed by atoms with Crippen molar-refractivity contribution in [1.82, 2.24) is 15.1 Å². The first-order valence-corrected chi connectivity index (χ1v) is 7.95. The number of carbonyl (C=O) groups excluding carboxylic acids is 1. The molecule has 0 radical (unpaired) electrons. The third-order valence-corrected chi connectivity index (χ3v) is 4.67. The molecule has 3 aromatic rings. The molecular formula is C17H14ClN3O3.